The van der Waals surface area contributed by atoms with Crippen LogP contribution in [0.2, 0.25) is 0 Å². The molecule has 0 saturated carbocycles. The van der Waals surface area contributed by atoms with Crippen LogP contribution in [0.15, 0.2) is 42.7 Å². The Labute approximate surface area is 168 Å². The van der Waals surface area contributed by atoms with Crippen LogP contribution in [0.1, 0.15) is 40.4 Å². The molecule has 0 aliphatic carbocycles. The van der Waals surface area contributed by atoms with E-state index >= 15 is 0 Å². The van der Waals surface area contributed by atoms with Crippen molar-refractivity contribution in [3.63, 3.8) is 0 Å². The highest BCUT2D eigenvalue weighted by Gasteiger charge is 2.34. The smallest absolute Gasteiger partial charge is 0.274 e. The van der Waals surface area contributed by atoms with E-state index in [1.54, 1.807) is 36.1 Å². The molecule has 2 aliphatic heterocycles. The van der Waals surface area contributed by atoms with Crippen LogP contribution < -0.4 is 10.2 Å². The Kier molecular flexibility index (Phi) is 5.73. The van der Waals surface area contributed by atoms with Crippen molar-refractivity contribution in [2.45, 2.75) is 25.4 Å². The van der Waals surface area contributed by atoms with Gasteiger partial charge in [0.25, 0.3) is 5.91 Å². The maximum Gasteiger partial charge on any atom is 0.274 e. The van der Waals surface area contributed by atoms with Crippen molar-refractivity contribution in [3.05, 3.63) is 59.4 Å². The minimum Gasteiger partial charge on any atom is -0.491 e. The molecule has 2 N–H and O–H groups in total. The Morgan fingerprint density at radius 2 is 2.03 bits per heavy atom. The van der Waals surface area contributed by atoms with Crippen molar-refractivity contribution in [2.75, 3.05) is 19.8 Å². The number of rotatable bonds is 3. The Morgan fingerprint density at radius 1 is 1.21 bits per heavy atom. The summed E-state index contributed by atoms with van der Waals surface area (Å²) < 4.78 is 11.4. The number of aromatic nitrogens is 1. The number of hydrogen-bond acceptors (Lipinski definition) is 6. The van der Waals surface area contributed by atoms with E-state index in [0.717, 1.165) is 11.1 Å². The Bertz CT molecular complexity index is 883. The molecule has 1 saturated heterocycles. The zero-order valence-corrected chi connectivity index (χ0v) is 15.9. The van der Waals surface area contributed by atoms with Gasteiger partial charge in [0.05, 0.1) is 12.6 Å². The molecule has 1 aromatic carbocycles. The maximum atomic E-state index is 13.4. The molecule has 8 nitrogen and oxygen atoms in total. The zero-order valence-electron chi connectivity index (χ0n) is 15.9. The summed E-state index contributed by atoms with van der Waals surface area (Å²) >= 11 is 0. The van der Waals surface area contributed by atoms with Gasteiger partial charge in [-0.3, -0.25) is 19.8 Å². The third-order valence-electron chi connectivity index (χ3n) is 5.47. The standard InChI is InChI=1S/C21H23N3O5/c25-20(23-27)15-3-4-17-12-24(21(26)14-5-8-28-9-6-14)18(13-29-19(17)10-15)16-2-1-7-22-11-16/h1-4,7,10-11,14,18,27H,5-6,8-9,12-13H2,(H,23,25)/t18-/m1/s1. The second kappa shape index (κ2) is 8.59. The summed E-state index contributed by atoms with van der Waals surface area (Å²) in [7, 11) is 0. The average Bonchev–Trinajstić information content (AvgIpc) is 2.98. The fourth-order valence-electron chi connectivity index (χ4n) is 3.84. The number of amides is 2. The minimum atomic E-state index is -0.611. The number of nitrogens with one attached hydrogen (secondary N) is 1. The highest BCUT2D eigenvalue weighted by molar-refractivity contribution is 5.93. The molecule has 29 heavy (non-hydrogen) atoms. The van der Waals surface area contributed by atoms with E-state index in [9.17, 15) is 9.59 Å². The van der Waals surface area contributed by atoms with Crippen molar-refractivity contribution in [2.24, 2.45) is 5.92 Å². The Balaban J connectivity index is 1.68. The highest BCUT2D eigenvalue weighted by Crippen LogP contribution is 2.34. The molecule has 0 unspecified atom stereocenters. The molecule has 0 radical (unpaired) electrons. The fourth-order valence-corrected chi connectivity index (χ4v) is 3.84. The molecule has 8 heteroatoms. The van der Waals surface area contributed by atoms with Crippen LogP contribution in [0.3, 0.4) is 0 Å². The number of carbonyl (C=O) groups excluding carboxylic acids is 2. The molecule has 2 amide bonds. The first kappa shape index (κ1) is 19.4. The zero-order chi connectivity index (χ0) is 20.2. The van der Waals surface area contributed by atoms with Gasteiger partial charge in [-0.1, -0.05) is 12.1 Å². The fraction of sp³-hybridized carbons (Fsp3) is 0.381. The Hall–Kier alpha value is -2.97. The van der Waals surface area contributed by atoms with Gasteiger partial charge in [-0.15, -0.1) is 0 Å². The lowest BCUT2D eigenvalue weighted by Crippen LogP contribution is -2.41. The van der Waals surface area contributed by atoms with Crippen molar-refractivity contribution in [1.29, 1.82) is 0 Å². The van der Waals surface area contributed by atoms with Gasteiger partial charge >= 0.3 is 0 Å². The van der Waals surface area contributed by atoms with Crippen LogP contribution in [-0.2, 0) is 16.1 Å². The molecular formula is C21H23N3O5. The molecule has 1 atom stereocenters. The van der Waals surface area contributed by atoms with Crippen LogP contribution in [0.5, 0.6) is 5.75 Å². The second-order valence-corrected chi connectivity index (χ2v) is 7.23. The number of ether oxygens (including phenoxy) is 2. The number of nitrogens with zero attached hydrogens (tertiary/aromatic N) is 2. The third-order valence-corrected chi connectivity index (χ3v) is 5.47. The molecule has 0 spiro atoms. The normalized spacial score (nSPS) is 19.6. The van der Waals surface area contributed by atoms with Gasteiger partial charge in [0.15, 0.2) is 0 Å². The van der Waals surface area contributed by atoms with E-state index in [2.05, 4.69) is 4.98 Å². The topological polar surface area (TPSA) is 101 Å². The predicted octanol–water partition coefficient (Wildman–Crippen LogP) is 2.09. The number of fused-ring (bicyclic) bond motifs is 1. The maximum absolute atomic E-state index is 13.4. The van der Waals surface area contributed by atoms with E-state index < -0.39 is 5.91 Å². The summed E-state index contributed by atoms with van der Waals surface area (Å²) in [4.78, 5) is 31.2. The quantitative estimate of drug-likeness (QED) is 0.608. The molecule has 2 aliphatic rings. The SMILES string of the molecule is O=C(NO)c1ccc2c(c1)OC[C@H](c1cccnc1)N(C(=O)C1CCOCC1)C2. The van der Waals surface area contributed by atoms with Crippen LogP contribution in [-0.4, -0.2) is 46.7 Å². The summed E-state index contributed by atoms with van der Waals surface area (Å²) in [6.45, 7) is 1.80. The van der Waals surface area contributed by atoms with Crippen molar-refractivity contribution >= 4 is 11.8 Å². The lowest BCUT2D eigenvalue weighted by Gasteiger charge is -2.33. The number of carbonyl (C=O) groups is 2. The molecule has 0 bridgehead atoms. The van der Waals surface area contributed by atoms with Crippen molar-refractivity contribution in [3.8, 4) is 5.75 Å². The van der Waals surface area contributed by atoms with Gasteiger partial charge in [-0.05, 0) is 36.6 Å². The van der Waals surface area contributed by atoms with E-state index in [-0.39, 0.29) is 30.0 Å². The van der Waals surface area contributed by atoms with Gasteiger partial charge in [-0.25, -0.2) is 5.48 Å². The monoisotopic (exact) mass is 397 g/mol. The molecule has 152 valence electrons. The summed E-state index contributed by atoms with van der Waals surface area (Å²) in [5.74, 6) is -0.0819. The first-order valence-corrected chi connectivity index (χ1v) is 9.65. The van der Waals surface area contributed by atoms with Gasteiger partial charge < -0.3 is 14.4 Å². The predicted molar refractivity (Wildman–Crippen MR) is 102 cm³/mol. The van der Waals surface area contributed by atoms with Gasteiger partial charge in [-0.2, -0.15) is 0 Å². The van der Waals surface area contributed by atoms with Crippen LogP contribution in [0.4, 0.5) is 0 Å². The van der Waals surface area contributed by atoms with Crippen LogP contribution in [0.25, 0.3) is 0 Å². The molecular weight excluding hydrogens is 374 g/mol. The molecule has 3 heterocycles. The van der Waals surface area contributed by atoms with E-state index in [4.69, 9.17) is 14.7 Å². The number of hydrogen-bond donors (Lipinski definition) is 2. The van der Waals surface area contributed by atoms with Gasteiger partial charge in [0.2, 0.25) is 5.91 Å². The van der Waals surface area contributed by atoms with Crippen LogP contribution >= 0.6 is 0 Å². The number of pyridine rings is 1. The highest BCUT2D eigenvalue weighted by atomic mass is 16.5. The largest absolute Gasteiger partial charge is 0.491 e. The summed E-state index contributed by atoms with van der Waals surface area (Å²) in [5, 5.41) is 8.89. The molecule has 1 aromatic heterocycles. The number of benzene rings is 1. The van der Waals surface area contributed by atoms with E-state index in [1.807, 2.05) is 17.0 Å². The van der Waals surface area contributed by atoms with Gasteiger partial charge in [0.1, 0.15) is 12.4 Å². The second-order valence-electron chi connectivity index (χ2n) is 7.23. The summed E-state index contributed by atoms with van der Waals surface area (Å²) in [6, 6.07) is 8.44. The third kappa shape index (κ3) is 4.08. The minimum absolute atomic E-state index is 0.0794. The lowest BCUT2D eigenvalue weighted by molar-refractivity contribution is -0.142. The molecule has 2 aromatic rings. The first-order chi connectivity index (χ1) is 14.2. The number of hydroxylamine groups is 1. The van der Waals surface area contributed by atoms with Gasteiger partial charge in [0, 0.05) is 42.7 Å². The van der Waals surface area contributed by atoms with E-state index in [1.165, 1.54) is 0 Å². The molecule has 1 fully saturated rings. The van der Waals surface area contributed by atoms with Crippen molar-refractivity contribution in [1.82, 2.24) is 15.4 Å². The summed E-state index contributed by atoms with van der Waals surface area (Å²) in [6.07, 6.45) is 4.86. The van der Waals surface area contributed by atoms with E-state index in [0.29, 0.717) is 38.3 Å². The summed E-state index contributed by atoms with van der Waals surface area (Å²) in [5.41, 5.74) is 3.62. The van der Waals surface area contributed by atoms with Crippen molar-refractivity contribution < 1.29 is 24.3 Å². The Morgan fingerprint density at radius 3 is 2.76 bits per heavy atom. The van der Waals surface area contributed by atoms with Crippen LogP contribution in [0, 0.1) is 5.92 Å². The average molecular weight is 397 g/mol. The lowest BCUT2D eigenvalue weighted by atomic mass is 9.96. The first-order valence-electron chi connectivity index (χ1n) is 9.65. The molecule has 4 rings (SSSR count).